The van der Waals surface area contributed by atoms with Gasteiger partial charge in [0.25, 0.3) is 0 Å². The standard InChI is InChI=1S/C14H12O.C5H5.Fe/c15-14(13-8-2-1-3-9-13)11-10-12-6-4-5-7-12;1-2-4-5-3-1;/h1-11,15H;1-5H;/q;-1;+2/p-1. The third-order valence-electron chi connectivity index (χ3n) is 2.73. The maximum atomic E-state index is 11.7. The van der Waals surface area contributed by atoms with Gasteiger partial charge in [0.05, 0.1) is 0 Å². The molecule has 0 unspecified atom stereocenters. The van der Waals surface area contributed by atoms with Crippen LogP contribution in [0.1, 0.15) is 5.56 Å². The Bertz CT molecular complexity index is 586. The molecule has 0 aliphatic heterocycles. The summed E-state index contributed by atoms with van der Waals surface area (Å²) in [5.74, 6) is 0.0387. The molecule has 0 heterocycles. The quantitative estimate of drug-likeness (QED) is 0.469. The molecular formula is C19H16FeO. The Morgan fingerprint density at radius 3 is 2.05 bits per heavy atom. The van der Waals surface area contributed by atoms with Crippen LogP contribution in [-0.4, -0.2) is 0 Å². The predicted molar refractivity (Wildman–Crippen MR) is 82.8 cm³/mol. The third kappa shape index (κ3) is 6.22. The van der Waals surface area contributed by atoms with Crippen molar-refractivity contribution in [3.05, 3.63) is 108 Å². The zero-order valence-corrected chi connectivity index (χ0v) is 12.6. The summed E-state index contributed by atoms with van der Waals surface area (Å²) in [5.41, 5.74) is 1.78. The van der Waals surface area contributed by atoms with Crippen molar-refractivity contribution in [3.8, 4) is 0 Å². The molecule has 0 aromatic heterocycles. The van der Waals surface area contributed by atoms with Crippen molar-refractivity contribution in [2.75, 3.05) is 0 Å². The van der Waals surface area contributed by atoms with Gasteiger partial charge in [0.2, 0.25) is 0 Å². The first-order chi connectivity index (χ1) is 9.86. The molecule has 106 valence electrons. The summed E-state index contributed by atoms with van der Waals surface area (Å²) < 4.78 is 0. The second-order valence-electron chi connectivity index (χ2n) is 4.24. The number of benzene rings is 1. The Labute approximate surface area is 136 Å². The molecule has 1 aliphatic carbocycles. The molecule has 0 spiro atoms. The SMILES string of the molecule is [Fe+2].[O-]C(=CC=C1C=CC=C1)c1ccccc1.c1cc[cH-]c1. The molecule has 2 aromatic carbocycles. The van der Waals surface area contributed by atoms with E-state index < -0.39 is 0 Å². The van der Waals surface area contributed by atoms with Crippen LogP contribution >= 0.6 is 0 Å². The second-order valence-corrected chi connectivity index (χ2v) is 4.24. The van der Waals surface area contributed by atoms with Crippen molar-refractivity contribution in [3.63, 3.8) is 0 Å². The van der Waals surface area contributed by atoms with Gasteiger partial charge < -0.3 is 5.11 Å². The minimum Gasteiger partial charge on any atom is -0.872 e. The van der Waals surface area contributed by atoms with Crippen molar-refractivity contribution in [2.45, 2.75) is 0 Å². The minimum atomic E-state index is 0. The van der Waals surface area contributed by atoms with Gasteiger partial charge in [0.15, 0.2) is 0 Å². The summed E-state index contributed by atoms with van der Waals surface area (Å²) in [6.07, 6.45) is 11.3. The average Bonchev–Trinajstić information content (AvgIpc) is 3.21. The van der Waals surface area contributed by atoms with Gasteiger partial charge in [-0.25, -0.2) is 12.1 Å². The van der Waals surface area contributed by atoms with Gasteiger partial charge in [0, 0.05) is 0 Å². The van der Waals surface area contributed by atoms with Crippen molar-refractivity contribution in [2.24, 2.45) is 0 Å². The topological polar surface area (TPSA) is 23.1 Å². The molecule has 0 amide bonds. The van der Waals surface area contributed by atoms with E-state index in [9.17, 15) is 5.11 Å². The Morgan fingerprint density at radius 2 is 1.52 bits per heavy atom. The first-order valence-corrected chi connectivity index (χ1v) is 6.52. The summed E-state index contributed by atoms with van der Waals surface area (Å²) in [5, 5.41) is 11.7. The van der Waals surface area contributed by atoms with E-state index >= 15 is 0 Å². The molecule has 0 fully saturated rings. The van der Waals surface area contributed by atoms with Crippen LogP contribution in [0.15, 0.2) is 103 Å². The van der Waals surface area contributed by atoms with Crippen molar-refractivity contribution >= 4 is 5.76 Å². The predicted octanol–water partition coefficient (Wildman–Crippen LogP) is 3.84. The monoisotopic (exact) mass is 316 g/mol. The number of rotatable bonds is 2. The van der Waals surface area contributed by atoms with Crippen LogP contribution in [0.4, 0.5) is 0 Å². The van der Waals surface area contributed by atoms with Crippen LogP contribution in [0.3, 0.4) is 0 Å². The Balaban J connectivity index is 0.000000313. The summed E-state index contributed by atoms with van der Waals surface area (Å²) in [6.45, 7) is 0. The zero-order valence-electron chi connectivity index (χ0n) is 11.5. The Hall–Kier alpha value is -2.15. The maximum absolute atomic E-state index is 11.7. The molecule has 0 N–H and O–H groups in total. The van der Waals surface area contributed by atoms with Gasteiger partial charge in [-0.1, -0.05) is 66.8 Å². The first kappa shape index (κ1) is 16.9. The molecule has 2 aromatic rings. The number of hydrogen-bond donors (Lipinski definition) is 0. The van der Waals surface area contributed by atoms with E-state index in [0.29, 0.717) is 0 Å². The van der Waals surface area contributed by atoms with Crippen molar-refractivity contribution < 1.29 is 22.2 Å². The fourth-order valence-electron chi connectivity index (χ4n) is 1.69. The van der Waals surface area contributed by atoms with Crippen LogP contribution in [0, 0.1) is 0 Å². The molecule has 1 nitrogen and oxygen atoms in total. The van der Waals surface area contributed by atoms with Crippen molar-refractivity contribution in [1.82, 2.24) is 0 Å². The van der Waals surface area contributed by atoms with E-state index in [-0.39, 0.29) is 22.8 Å². The molecule has 1 aliphatic rings. The van der Waals surface area contributed by atoms with Crippen LogP contribution in [0.2, 0.25) is 0 Å². The molecule has 3 rings (SSSR count). The first-order valence-electron chi connectivity index (χ1n) is 6.52. The number of allylic oxidation sites excluding steroid dienone is 7. The van der Waals surface area contributed by atoms with E-state index in [4.69, 9.17) is 0 Å². The fraction of sp³-hybridized carbons (Fsp3) is 0. The van der Waals surface area contributed by atoms with Gasteiger partial charge in [-0.15, -0.1) is 5.76 Å². The molecule has 0 saturated carbocycles. The molecule has 0 saturated heterocycles. The maximum Gasteiger partial charge on any atom is 2.00 e. The summed E-state index contributed by atoms with van der Waals surface area (Å²) in [4.78, 5) is 0. The summed E-state index contributed by atoms with van der Waals surface area (Å²) in [7, 11) is 0. The molecule has 0 atom stereocenters. The molecule has 0 bridgehead atoms. The summed E-state index contributed by atoms with van der Waals surface area (Å²) in [6, 6.07) is 19.3. The van der Waals surface area contributed by atoms with E-state index in [1.165, 1.54) is 0 Å². The largest absolute Gasteiger partial charge is 2.00 e. The molecular weight excluding hydrogens is 300 g/mol. The van der Waals surface area contributed by atoms with Gasteiger partial charge in [-0.05, 0) is 11.1 Å². The van der Waals surface area contributed by atoms with Crippen LogP contribution in [-0.2, 0) is 17.1 Å². The van der Waals surface area contributed by atoms with Gasteiger partial charge in [-0.3, -0.25) is 0 Å². The molecule has 2 heteroatoms. The van der Waals surface area contributed by atoms with Crippen molar-refractivity contribution in [1.29, 1.82) is 0 Å². The van der Waals surface area contributed by atoms with Crippen LogP contribution in [0.5, 0.6) is 0 Å². The second kappa shape index (κ2) is 9.71. The van der Waals surface area contributed by atoms with E-state index in [0.717, 1.165) is 11.1 Å². The normalized spacial score (nSPS) is 12.4. The van der Waals surface area contributed by atoms with Crippen LogP contribution < -0.4 is 5.11 Å². The van der Waals surface area contributed by atoms with E-state index in [1.807, 2.05) is 91.0 Å². The summed E-state index contributed by atoms with van der Waals surface area (Å²) >= 11 is 0. The molecule has 0 radical (unpaired) electrons. The van der Waals surface area contributed by atoms with Gasteiger partial charge >= 0.3 is 17.1 Å². The van der Waals surface area contributed by atoms with Gasteiger partial charge in [0.1, 0.15) is 0 Å². The van der Waals surface area contributed by atoms with E-state index in [1.54, 1.807) is 6.08 Å². The molecule has 21 heavy (non-hydrogen) atoms. The Kier molecular flexibility index (Phi) is 7.81. The van der Waals surface area contributed by atoms with Crippen LogP contribution in [0.25, 0.3) is 5.76 Å². The average molecular weight is 316 g/mol. The third-order valence-corrected chi connectivity index (χ3v) is 2.73. The Morgan fingerprint density at radius 1 is 0.905 bits per heavy atom. The fourth-order valence-corrected chi connectivity index (χ4v) is 1.69. The smallest absolute Gasteiger partial charge is 0.872 e. The number of hydrogen-bond acceptors (Lipinski definition) is 1. The minimum absolute atomic E-state index is 0. The van der Waals surface area contributed by atoms with Gasteiger partial charge in [-0.2, -0.15) is 18.2 Å². The van der Waals surface area contributed by atoms with E-state index in [2.05, 4.69) is 0 Å². The zero-order chi connectivity index (χ0) is 14.0.